The number of anilines is 1. The van der Waals surface area contributed by atoms with Gasteiger partial charge in [0.05, 0.1) is 18.4 Å². The number of ketones is 1. The van der Waals surface area contributed by atoms with Crippen LogP contribution in [0.4, 0.5) is 5.69 Å². The Morgan fingerprint density at radius 2 is 2.10 bits per heavy atom. The van der Waals surface area contributed by atoms with Crippen molar-refractivity contribution in [1.82, 2.24) is 0 Å². The molecule has 0 unspecified atom stereocenters. The van der Waals surface area contributed by atoms with Gasteiger partial charge in [0, 0.05) is 12.6 Å². The van der Waals surface area contributed by atoms with Gasteiger partial charge in [-0.2, -0.15) is 0 Å². The van der Waals surface area contributed by atoms with Crippen LogP contribution in [0.25, 0.3) is 0 Å². The molecule has 0 fully saturated rings. The van der Waals surface area contributed by atoms with Gasteiger partial charge in [-0.3, -0.25) is 9.59 Å². The van der Waals surface area contributed by atoms with Crippen LogP contribution in [0, 0.1) is 6.92 Å². The summed E-state index contributed by atoms with van der Waals surface area (Å²) >= 11 is 0. The van der Waals surface area contributed by atoms with Crippen molar-refractivity contribution in [3.05, 3.63) is 53.5 Å². The van der Waals surface area contributed by atoms with Crippen molar-refractivity contribution in [2.45, 2.75) is 18.9 Å². The molecule has 1 aromatic carbocycles. The lowest BCUT2D eigenvalue weighted by Crippen LogP contribution is -2.40. The number of Topliss-reactive ketones (excluding diaryl/α,β-unsaturated/α-hetero) is 1. The predicted octanol–water partition coefficient (Wildman–Crippen LogP) is 2.03. The third-order valence-corrected chi connectivity index (χ3v) is 3.89. The number of nitrogens with zero attached hydrogens (tertiary/aromatic N) is 1. The van der Waals surface area contributed by atoms with E-state index in [9.17, 15) is 14.7 Å². The van der Waals surface area contributed by atoms with Crippen molar-refractivity contribution < 1.29 is 19.1 Å². The summed E-state index contributed by atoms with van der Waals surface area (Å²) in [6.07, 6.45) is 1.05. The lowest BCUT2D eigenvalue weighted by molar-refractivity contribution is -0.135. The summed E-state index contributed by atoms with van der Waals surface area (Å²) in [5, 5.41) is 10.8. The topological polar surface area (TPSA) is 70.8 Å². The molecule has 1 atom stereocenters. The molecule has 1 N–H and O–H groups in total. The number of likely N-dealkylation sites (N-methyl/N-ethyl adjacent to an activating group) is 1. The average molecular weight is 285 g/mol. The largest absolute Gasteiger partial charge is 0.461 e. The van der Waals surface area contributed by atoms with Gasteiger partial charge in [0.2, 0.25) is 5.78 Å². The number of aryl methyl sites for hydroxylation is 1. The maximum absolute atomic E-state index is 12.4. The van der Waals surface area contributed by atoms with Gasteiger partial charge >= 0.3 is 0 Å². The zero-order valence-corrected chi connectivity index (χ0v) is 11.8. The number of fused-ring (bicyclic) bond motifs is 1. The first-order valence-corrected chi connectivity index (χ1v) is 6.62. The van der Waals surface area contributed by atoms with Crippen LogP contribution in [0.3, 0.4) is 0 Å². The third-order valence-electron chi connectivity index (χ3n) is 3.89. The molecular formula is C16H15NO4. The van der Waals surface area contributed by atoms with E-state index in [4.69, 9.17) is 4.42 Å². The van der Waals surface area contributed by atoms with Gasteiger partial charge in [0.1, 0.15) is 0 Å². The highest BCUT2D eigenvalue weighted by Crippen LogP contribution is 2.43. The second kappa shape index (κ2) is 4.56. The number of furan rings is 1. The fraction of sp³-hybridized carbons (Fsp3) is 0.250. The van der Waals surface area contributed by atoms with E-state index in [0.29, 0.717) is 11.3 Å². The van der Waals surface area contributed by atoms with Gasteiger partial charge in [-0.05, 0) is 24.6 Å². The second-order valence-electron chi connectivity index (χ2n) is 5.27. The maximum atomic E-state index is 12.4. The minimum atomic E-state index is -1.83. The van der Waals surface area contributed by atoms with Crippen LogP contribution in [0.15, 0.2) is 41.0 Å². The van der Waals surface area contributed by atoms with Crippen molar-refractivity contribution in [2.24, 2.45) is 0 Å². The highest BCUT2D eigenvalue weighted by Gasteiger charge is 2.50. The smallest absolute Gasteiger partial charge is 0.263 e. The van der Waals surface area contributed by atoms with Crippen molar-refractivity contribution in [3.8, 4) is 0 Å². The number of carbonyl (C=O) groups excluding carboxylic acids is 2. The molecule has 0 radical (unpaired) electrons. The SMILES string of the molecule is Cc1cccc2c1N(C)C(=O)[C@@]2(O)CC(=O)c1ccco1. The van der Waals surface area contributed by atoms with Crippen LogP contribution in [-0.2, 0) is 10.4 Å². The number of carbonyl (C=O) groups is 2. The molecule has 2 heterocycles. The Morgan fingerprint density at radius 3 is 2.76 bits per heavy atom. The Balaban J connectivity index is 2.04. The van der Waals surface area contributed by atoms with Gasteiger partial charge in [-0.25, -0.2) is 0 Å². The zero-order chi connectivity index (χ0) is 15.2. The number of benzene rings is 1. The molecule has 108 valence electrons. The Bertz CT molecular complexity index is 720. The van der Waals surface area contributed by atoms with E-state index in [1.165, 1.54) is 17.2 Å². The van der Waals surface area contributed by atoms with E-state index in [0.717, 1.165) is 5.56 Å². The molecule has 21 heavy (non-hydrogen) atoms. The van der Waals surface area contributed by atoms with Crippen LogP contribution in [0.1, 0.15) is 28.1 Å². The first-order valence-electron chi connectivity index (χ1n) is 6.62. The lowest BCUT2D eigenvalue weighted by atomic mass is 9.88. The van der Waals surface area contributed by atoms with E-state index < -0.39 is 17.3 Å². The summed E-state index contributed by atoms with van der Waals surface area (Å²) in [4.78, 5) is 26.0. The molecule has 1 aliphatic rings. The first-order chi connectivity index (χ1) is 9.95. The number of aliphatic hydroxyl groups is 1. The molecule has 1 aliphatic heterocycles. The number of rotatable bonds is 3. The molecular weight excluding hydrogens is 270 g/mol. The number of hydrogen-bond donors (Lipinski definition) is 1. The van der Waals surface area contributed by atoms with Gasteiger partial charge < -0.3 is 14.4 Å². The maximum Gasteiger partial charge on any atom is 0.263 e. The molecule has 3 rings (SSSR count). The summed E-state index contributed by atoms with van der Waals surface area (Å²) in [5.41, 5.74) is 0.178. The van der Waals surface area contributed by atoms with Gasteiger partial charge in [0.25, 0.3) is 5.91 Å². The standard InChI is InChI=1S/C16H15NO4/c1-10-5-3-6-11-14(10)17(2)15(19)16(11,20)9-12(18)13-7-4-8-21-13/h3-8,20H,9H2,1-2H3/t16-/m1/s1. The first kappa shape index (κ1) is 13.6. The highest BCUT2D eigenvalue weighted by molar-refractivity contribution is 6.10. The van der Waals surface area contributed by atoms with E-state index in [1.54, 1.807) is 25.2 Å². The fourth-order valence-corrected chi connectivity index (χ4v) is 2.86. The van der Waals surface area contributed by atoms with Crippen LogP contribution >= 0.6 is 0 Å². The Hall–Kier alpha value is -2.40. The molecule has 2 aromatic rings. The summed E-state index contributed by atoms with van der Waals surface area (Å²) in [7, 11) is 1.60. The van der Waals surface area contributed by atoms with Crippen molar-refractivity contribution in [2.75, 3.05) is 11.9 Å². The Kier molecular flexibility index (Phi) is 2.95. The normalized spacial score (nSPS) is 20.7. The minimum absolute atomic E-state index is 0.139. The monoisotopic (exact) mass is 285 g/mol. The molecule has 0 bridgehead atoms. The molecule has 1 aromatic heterocycles. The Labute approximate surface area is 121 Å². The molecule has 0 saturated heterocycles. The second-order valence-corrected chi connectivity index (χ2v) is 5.27. The highest BCUT2D eigenvalue weighted by atomic mass is 16.3. The molecule has 5 nitrogen and oxygen atoms in total. The molecule has 1 amide bonds. The molecule has 0 aliphatic carbocycles. The van der Waals surface area contributed by atoms with Gasteiger partial charge in [-0.15, -0.1) is 0 Å². The van der Waals surface area contributed by atoms with Gasteiger partial charge in [0.15, 0.2) is 11.4 Å². The Morgan fingerprint density at radius 1 is 1.33 bits per heavy atom. The van der Waals surface area contributed by atoms with E-state index >= 15 is 0 Å². The summed E-state index contributed by atoms with van der Waals surface area (Å²) < 4.78 is 5.04. The van der Waals surface area contributed by atoms with Crippen molar-refractivity contribution in [1.29, 1.82) is 0 Å². The number of amides is 1. The summed E-state index contributed by atoms with van der Waals surface area (Å²) in [6.45, 7) is 1.86. The summed E-state index contributed by atoms with van der Waals surface area (Å²) in [5.74, 6) is -0.759. The van der Waals surface area contributed by atoms with E-state index in [1.807, 2.05) is 13.0 Å². The lowest BCUT2D eigenvalue weighted by Gasteiger charge is -2.20. The van der Waals surface area contributed by atoms with Crippen LogP contribution < -0.4 is 4.90 Å². The van der Waals surface area contributed by atoms with Crippen LogP contribution in [0.5, 0.6) is 0 Å². The van der Waals surface area contributed by atoms with E-state index in [2.05, 4.69) is 0 Å². The fourth-order valence-electron chi connectivity index (χ4n) is 2.86. The van der Waals surface area contributed by atoms with Crippen LogP contribution in [0.2, 0.25) is 0 Å². The number of hydrogen-bond acceptors (Lipinski definition) is 4. The zero-order valence-electron chi connectivity index (χ0n) is 11.8. The average Bonchev–Trinajstić information content (AvgIpc) is 3.04. The molecule has 0 saturated carbocycles. The molecule has 0 spiro atoms. The quantitative estimate of drug-likeness (QED) is 0.876. The predicted molar refractivity (Wildman–Crippen MR) is 76.1 cm³/mol. The minimum Gasteiger partial charge on any atom is -0.461 e. The van der Waals surface area contributed by atoms with Crippen LogP contribution in [-0.4, -0.2) is 23.8 Å². The third kappa shape index (κ3) is 1.89. The van der Waals surface area contributed by atoms with Crippen molar-refractivity contribution in [3.63, 3.8) is 0 Å². The van der Waals surface area contributed by atoms with Crippen molar-refractivity contribution >= 4 is 17.4 Å². The molecule has 5 heteroatoms. The van der Waals surface area contributed by atoms with E-state index in [-0.39, 0.29) is 12.2 Å². The van der Waals surface area contributed by atoms with Gasteiger partial charge in [-0.1, -0.05) is 18.2 Å². The summed E-state index contributed by atoms with van der Waals surface area (Å²) in [6, 6.07) is 8.43. The number of para-hydroxylation sites is 1.